The van der Waals surface area contributed by atoms with Crippen LogP contribution >= 0.6 is 0 Å². The van der Waals surface area contributed by atoms with Crippen molar-refractivity contribution in [2.75, 3.05) is 0 Å². The maximum atomic E-state index is 5.26. The van der Waals surface area contributed by atoms with E-state index in [1.165, 1.54) is 94.2 Å². The molecule has 0 fully saturated rings. The van der Waals surface area contributed by atoms with Gasteiger partial charge in [-0.2, -0.15) is 4.58 Å². The smallest absolute Gasteiger partial charge is 0.225 e. The lowest BCUT2D eigenvalue weighted by molar-refractivity contribution is -0.390. The first-order valence-corrected chi connectivity index (χ1v) is 21.5. The Hall–Kier alpha value is -7.62. The van der Waals surface area contributed by atoms with Crippen molar-refractivity contribution in [1.29, 1.82) is 0 Å². The zero-order valence-corrected chi connectivity index (χ0v) is 33.8. The molecule has 0 bridgehead atoms. The molecule has 2 aliphatic carbocycles. The molecule has 0 saturated heterocycles. The number of nitrogens with zero attached hydrogens (tertiary/aromatic N) is 3. The van der Waals surface area contributed by atoms with Crippen LogP contribution in [0.2, 0.25) is 0 Å². The summed E-state index contributed by atoms with van der Waals surface area (Å²) in [7, 11) is 0. The number of aromatic nitrogens is 2. The molecule has 3 heteroatoms. The minimum Gasteiger partial charge on any atom is -0.310 e. The lowest BCUT2D eigenvalue weighted by Crippen LogP contribution is -2.27. The molecule has 3 aliphatic rings. The van der Waals surface area contributed by atoms with Crippen LogP contribution < -0.4 is 0 Å². The number of fused-ring (bicyclic) bond motifs is 6. The van der Waals surface area contributed by atoms with Crippen molar-refractivity contribution in [3.63, 3.8) is 0 Å². The zero-order valence-electron chi connectivity index (χ0n) is 33.8. The Kier molecular flexibility index (Phi) is 8.45. The molecular formula is C58H42N3+. The van der Waals surface area contributed by atoms with Gasteiger partial charge in [0.15, 0.2) is 0 Å². The van der Waals surface area contributed by atoms with Gasteiger partial charge >= 0.3 is 0 Å². The maximum Gasteiger partial charge on any atom is 0.225 e. The first-order chi connectivity index (χ1) is 30.3. The third kappa shape index (κ3) is 5.96. The minimum atomic E-state index is 0.987. The van der Waals surface area contributed by atoms with Crippen LogP contribution in [-0.4, -0.2) is 19.8 Å². The van der Waals surface area contributed by atoms with Gasteiger partial charge in [-0.15, -0.1) is 0 Å². The van der Waals surface area contributed by atoms with Crippen molar-refractivity contribution < 1.29 is 4.58 Å². The molecule has 0 atom stereocenters. The van der Waals surface area contributed by atoms with Gasteiger partial charge in [-0.3, -0.25) is 0 Å². The van der Waals surface area contributed by atoms with Crippen molar-refractivity contribution in [3.8, 4) is 22.4 Å². The Labute approximate surface area is 355 Å². The highest BCUT2D eigenvalue weighted by molar-refractivity contribution is 6.17. The first-order valence-electron chi connectivity index (χ1n) is 21.5. The lowest BCUT2D eigenvalue weighted by atomic mass is 9.89. The van der Waals surface area contributed by atoms with Crippen LogP contribution in [0, 0.1) is 0 Å². The molecule has 0 radical (unpaired) electrons. The predicted molar refractivity (Wildman–Crippen MR) is 256 cm³/mol. The second-order valence-corrected chi connectivity index (χ2v) is 16.3. The van der Waals surface area contributed by atoms with Crippen LogP contribution in [0.4, 0.5) is 5.69 Å². The number of hydrogen-bond donors (Lipinski definition) is 0. The van der Waals surface area contributed by atoms with E-state index in [0.717, 1.165) is 42.5 Å². The third-order valence-electron chi connectivity index (χ3n) is 12.7. The molecular weight excluding hydrogens is 739 g/mol. The Morgan fingerprint density at radius 2 is 1.21 bits per heavy atom. The van der Waals surface area contributed by atoms with Gasteiger partial charge in [0.2, 0.25) is 17.1 Å². The number of rotatable bonds is 7. The van der Waals surface area contributed by atoms with E-state index in [-0.39, 0.29) is 0 Å². The summed E-state index contributed by atoms with van der Waals surface area (Å²) < 4.78 is 4.91. The van der Waals surface area contributed by atoms with Gasteiger partial charge in [0.05, 0.1) is 28.3 Å². The van der Waals surface area contributed by atoms with Crippen LogP contribution in [0.25, 0.3) is 77.1 Å². The van der Waals surface area contributed by atoms with Crippen LogP contribution in [0.15, 0.2) is 218 Å². The molecule has 3 heterocycles. The quantitative estimate of drug-likeness (QED) is 0.117. The van der Waals surface area contributed by atoms with E-state index in [1.54, 1.807) is 0 Å². The average molecular weight is 781 g/mol. The fourth-order valence-corrected chi connectivity index (χ4v) is 9.86. The van der Waals surface area contributed by atoms with Crippen LogP contribution in [-0.2, 0) is 0 Å². The van der Waals surface area contributed by atoms with Crippen LogP contribution in [0.1, 0.15) is 36.8 Å². The fraction of sp³-hybridized carbons (Fsp3) is 0.0690. The highest BCUT2D eigenvalue weighted by Crippen LogP contribution is 2.41. The summed E-state index contributed by atoms with van der Waals surface area (Å²) in [6, 6.07) is 61.6. The molecule has 7 aromatic carbocycles. The molecule has 2 aromatic heterocycles. The summed E-state index contributed by atoms with van der Waals surface area (Å²) in [5, 5.41) is 6.24. The van der Waals surface area contributed by atoms with Crippen molar-refractivity contribution in [3.05, 3.63) is 229 Å². The second-order valence-electron chi connectivity index (χ2n) is 16.3. The Morgan fingerprint density at radius 1 is 0.508 bits per heavy atom. The Bertz CT molecular complexity index is 3390. The van der Waals surface area contributed by atoms with E-state index in [0.29, 0.717) is 0 Å². The van der Waals surface area contributed by atoms with E-state index >= 15 is 0 Å². The summed E-state index contributed by atoms with van der Waals surface area (Å²) in [5.41, 5.74) is 18.0. The van der Waals surface area contributed by atoms with E-state index in [9.17, 15) is 0 Å². The van der Waals surface area contributed by atoms with Gasteiger partial charge in [-0.25, -0.2) is 4.98 Å². The van der Waals surface area contributed by atoms with Gasteiger partial charge in [-0.05, 0) is 101 Å². The van der Waals surface area contributed by atoms with Gasteiger partial charge in [-0.1, -0.05) is 146 Å². The van der Waals surface area contributed by atoms with Gasteiger partial charge in [0.25, 0.3) is 0 Å². The fourth-order valence-electron chi connectivity index (χ4n) is 9.86. The van der Waals surface area contributed by atoms with Gasteiger partial charge < -0.3 is 4.57 Å². The van der Waals surface area contributed by atoms with Crippen molar-refractivity contribution in [2.45, 2.75) is 25.7 Å². The summed E-state index contributed by atoms with van der Waals surface area (Å²) in [5.74, 6) is 0. The zero-order chi connectivity index (χ0) is 40.3. The number of hydrogen-bond acceptors (Lipinski definition) is 1. The summed E-state index contributed by atoms with van der Waals surface area (Å²) >= 11 is 0. The summed E-state index contributed by atoms with van der Waals surface area (Å²) in [6.07, 6.45) is 18.3. The van der Waals surface area contributed by atoms with Gasteiger partial charge in [0.1, 0.15) is 0 Å². The number of benzene rings is 7. The average Bonchev–Trinajstić information content (AvgIpc) is 3.66. The summed E-state index contributed by atoms with van der Waals surface area (Å²) in [4.78, 5) is 5.26. The van der Waals surface area contributed by atoms with Crippen LogP contribution in [0.3, 0.4) is 0 Å². The SMILES string of the molecule is C1=CC(c2cc(-c3ccccc3)nc3ccc4c(-c5cccc(C6=[N+](c7ccccc7)C(C7=CC(n8c9ccccc9c9ccccc98)=CCC7)=C6)c5)cccc4c23)=CCC1. The lowest BCUT2D eigenvalue weighted by Gasteiger charge is -2.22. The number of allylic oxidation sites excluding steroid dienone is 9. The van der Waals surface area contributed by atoms with Crippen molar-refractivity contribution in [2.24, 2.45) is 0 Å². The van der Waals surface area contributed by atoms with Crippen LogP contribution in [0.5, 0.6) is 0 Å². The van der Waals surface area contributed by atoms with E-state index < -0.39 is 0 Å². The monoisotopic (exact) mass is 780 g/mol. The molecule has 61 heavy (non-hydrogen) atoms. The molecule has 1 aliphatic heterocycles. The Balaban J connectivity index is 0.963. The highest BCUT2D eigenvalue weighted by Gasteiger charge is 2.36. The molecule has 0 unspecified atom stereocenters. The Morgan fingerprint density at radius 3 is 2.00 bits per heavy atom. The largest absolute Gasteiger partial charge is 0.310 e. The maximum absolute atomic E-state index is 5.26. The molecule has 9 aromatic rings. The third-order valence-corrected chi connectivity index (χ3v) is 12.7. The van der Waals surface area contributed by atoms with E-state index in [2.05, 4.69) is 215 Å². The number of para-hydroxylation sites is 3. The van der Waals surface area contributed by atoms with Crippen molar-refractivity contribution >= 4 is 66.2 Å². The summed E-state index contributed by atoms with van der Waals surface area (Å²) in [6.45, 7) is 0. The highest BCUT2D eigenvalue weighted by atomic mass is 15.1. The molecule has 0 saturated carbocycles. The van der Waals surface area contributed by atoms with Crippen molar-refractivity contribution in [1.82, 2.24) is 9.55 Å². The first kappa shape index (κ1) is 35.3. The van der Waals surface area contributed by atoms with Gasteiger partial charge in [0, 0.05) is 50.7 Å². The second kappa shape index (κ2) is 14.6. The number of pyridine rings is 1. The molecule has 12 rings (SSSR count). The van der Waals surface area contributed by atoms with E-state index in [1.807, 2.05) is 0 Å². The normalized spacial score (nSPS) is 15.2. The molecule has 0 N–H and O–H groups in total. The molecule has 3 nitrogen and oxygen atoms in total. The molecule has 0 spiro atoms. The predicted octanol–water partition coefficient (Wildman–Crippen LogP) is 14.9. The topological polar surface area (TPSA) is 20.8 Å². The molecule has 288 valence electrons. The standard InChI is InChI=1S/C58H42N3/c1-4-17-39(18-5-1)51-37-53(40-19-6-2-7-20-40)59-52-34-33-47-46(29-16-30-50(47)58(51)52)41-21-14-22-42(35-41)56-38-57(60(56)44-24-8-3-9-25-44)43-23-15-26-45(36-43)61-54-31-12-10-27-48(54)49-28-11-13-32-55(49)61/h2-4,6-14,16-22,24-38H,1,5,15,23H2/q+1. The van der Waals surface area contributed by atoms with E-state index in [4.69, 9.17) is 4.98 Å². The molecule has 0 amide bonds. The minimum absolute atomic E-state index is 0.987.